The van der Waals surface area contributed by atoms with Crippen molar-refractivity contribution in [1.82, 2.24) is 19.3 Å². The van der Waals surface area contributed by atoms with Crippen LogP contribution in [0, 0.1) is 0 Å². The molecule has 0 amide bonds. The number of aromatic nitrogens is 3. The normalized spacial score (nSPS) is 17.2. The third-order valence-corrected chi connectivity index (χ3v) is 8.06. The molecule has 0 atom stereocenters. The fourth-order valence-corrected chi connectivity index (χ4v) is 6.07. The Balaban J connectivity index is 1.28. The van der Waals surface area contributed by atoms with Gasteiger partial charge >= 0.3 is 0 Å². The van der Waals surface area contributed by atoms with Crippen LogP contribution in [0.5, 0.6) is 0 Å². The summed E-state index contributed by atoms with van der Waals surface area (Å²) in [7, 11) is -3.31. The molecule has 1 N–H and O–H groups in total. The zero-order valence-electron chi connectivity index (χ0n) is 17.9. The molecule has 0 spiro atoms. The lowest BCUT2D eigenvalue weighted by molar-refractivity contribution is 0.329. The molecule has 1 saturated heterocycles. The molecular formula is C24H27N5O2S. The second kappa shape index (κ2) is 8.96. The van der Waals surface area contributed by atoms with Crippen molar-refractivity contribution >= 4 is 15.8 Å². The number of rotatable bonds is 6. The van der Waals surface area contributed by atoms with E-state index in [4.69, 9.17) is 9.97 Å². The quantitative estimate of drug-likeness (QED) is 0.620. The zero-order chi connectivity index (χ0) is 22.0. The molecule has 3 aromatic rings. The molecule has 8 heteroatoms. The summed E-state index contributed by atoms with van der Waals surface area (Å²) < 4.78 is 27.3. The van der Waals surface area contributed by atoms with Gasteiger partial charge in [0.25, 0.3) is 0 Å². The molecule has 3 heterocycles. The van der Waals surface area contributed by atoms with Crippen LogP contribution in [0.25, 0.3) is 11.5 Å². The first-order valence-electron chi connectivity index (χ1n) is 11.2. The first kappa shape index (κ1) is 21.0. The predicted molar refractivity (Wildman–Crippen MR) is 125 cm³/mol. The lowest BCUT2D eigenvalue weighted by Crippen LogP contribution is -2.43. The molecule has 32 heavy (non-hydrogen) atoms. The monoisotopic (exact) mass is 449 g/mol. The lowest BCUT2D eigenvalue weighted by atomic mass is 10.1. The average Bonchev–Trinajstić information content (AvgIpc) is 3.30. The predicted octanol–water partition coefficient (Wildman–Crippen LogP) is 3.43. The number of anilines is 1. The number of nitrogens with zero attached hydrogens (tertiary/aromatic N) is 4. The molecule has 2 aliphatic rings. The summed E-state index contributed by atoms with van der Waals surface area (Å²) in [6.07, 6.45) is 6.29. The summed E-state index contributed by atoms with van der Waals surface area (Å²) in [5.74, 6) is 1.59. The summed E-state index contributed by atoms with van der Waals surface area (Å²) in [4.78, 5) is 14.0. The summed E-state index contributed by atoms with van der Waals surface area (Å²) >= 11 is 0. The van der Waals surface area contributed by atoms with Crippen molar-refractivity contribution in [3.63, 3.8) is 0 Å². The zero-order valence-corrected chi connectivity index (χ0v) is 18.8. The molecule has 0 bridgehead atoms. The van der Waals surface area contributed by atoms with Crippen LogP contribution < -0.4 is 5.32 Å². The van der Waals surface area contributed by atoms with Crippen molar-refractivity contribution in [3.8, 4) is 11.5 Å². The Kier molecular flexibility index (Phi) is 5.89. The minimum atomic E-state index is -3.31. The van der Waals surface area contributed by atoms with Gasteiger partial charge in [0.1, 0.15) is 11.5 Å². The van der Waals surface area contributed by atoms with Gasteiger partial charge in [0, 0.05) is 36.6 Å². The van der Waals surface area contributed by atoms with Crippen LogP contribution in [0.15, 0.2) is 54.7 Å². The van der Waals surface area contributed by atoms with Gasteiger partial charge in [-0.25, -0.2) is 22.7 Å². The van der Waals surface area contributed by atoms with Gasteiger partial charge in [-0.1, -0.05) is 36.4 Å². The van der Waals surface area contributed by atoms with Crippen molar-refractivity contribution in [2.24, 2.45) is 0 Å². The van der Waals surface area contributed by atoms with Crippen molar-refractivity contribution in [3.05, 3.63) is 71.5 Å². The Morgan fingerprint density at radius 3 is 2.50 bits per heavy atom. The molecule has 0 unspecified atom stereocenters. The average molecular weight is 450 g/mol. The largest absolute Gasteiger partial charge is 0.367 e. The summed E-state index contributed by atoms with van der Waals surface area (Å²) in [5.41, 5.74) is 3.90. The molecular weight excluding hydrogens is 422 g/mol. The second-order valence-electron chi connectivity index (χ2n) is 8.45. The van der Waals surface area contributed by atoms with E-state index in [2.05, 4.69) is 10.3 Å². The fourth-order valence-electron chi connectivity index (χ4n) is 4.51. The van der Waals surface area contributed by atoms with E-state index in [9.17, 15) is 8.42 Å². The SMILES string of the molecule is O=S(=O)(Cc1ccccc1)N1CCC(Nc2nc(-c3ccccn3)nc3c2CCC3)CC1. The Labute approximate surface area is 189 Å². The molecule has 1 aliphatic carbocycles. The van der Waals surface area contributed by atoms with E-state index >= 15 is 0 Å². The Hall–Kier alpha value is -2.84. The lowest BCUT2D eigenvalue weighted by Gasteiger charge is -2.32. The van der Waals surface area contributed by atoms with Crippen molar-refractivity contribution in [1.29, 1.82) is 0 Å². The van der Waals surface area contributed by atoms with E-state index in [0.29, 0.717) is 18.9 Å². The van der Waals surface area contributed by atoms with E-state index in [1.54, 1.807) is 10.5 Å². The minimum Gasteiger partial charge on any atom is -0.367 e. The highest BCUT2D eigenvalue weighted by atomic mass is 32.2. The maximum atomic E-state index is 12.9. The summed E-state index contributed by atoms with van der Waals surface area (Å²) in [6, 6.07) is 15.3. The van der Waals surface area contributed by atoms with Crippen molar-refractivity contribution in [2.45, 2.75) is 43.9 Å². The number of benzene rings is 1. The smallest absolute Gasteiger partial charge is 0.218 e. The van der Waals surface area contributed by atoms with Gasteiger partial charge in [-0.15, -0.1) is 0 Å². The van der Waals surface area contributed by atoms with E-state index < -0.39 is 10.0 Å². The number of hydrogen-bond acceptors (Lipinski definition) is 6. The highest BCUT2D eigenvalue weighted by molar-refractivity contribution is 7.88. The molecule has 7 nitrogen and oxygen atoms in total. The number of pyridine rings is 1. The third-order valence-electron chi connectivity index (χ3n) is 6.21. The van der Waals surface area contributed by atoms with Gasteiger partial charge in [0.2, 0.25) is 10.0 Å². The van der Waals surface area contributed by atoms with Crippen LogP contribution in [0.3, 0.4) is 0 Å². The first-order valence-corrected chi connectivity index (χ1v) is 12.8. The third kappa shape index (κ3) is 4.52. The van der Waals surface area contributed by atoms with E-state index in [1.807, 2.05) is 48.5 Å². The maximum Gasteiger partial charge on any atom is 0.218 e. The van der Waals surface area contributed by atoms with Crippen LogP contribution in [0.4, 0.5) is 5.82 Å². The number of sulfonamides is 1. The number of piperidine rings is 1. The van der Waals surface area contributed by atoms with Gasteiger partial charge in [-0.05, 0) is 49.8 Å². The van der Waals surface area contributed by atoms with Gasteiger partial charge in [-0.3, -0.25) is 4.98 Å². The van der Waals surface area contributed by atoms with Gasteiger partial charge in [0.05, 0.1) is 5.75 Å². The van der Waals surface area contributed by atoms with Crippen molar-refractivity contribution in [2.75, 3.05) is 18.4 Å². The summed E-state index contributed by atoms with van der Waals surface area (Å²) in [5, 5.41) is 3.61. The second-order valence-corrected chi connectivity index (χ2v) is 10.4. The maximum absolute atomic E-state index is 12.9. The Bertz CT molecular complexity index is 1180. The Morgan fingerprint density at radius 2 is 1.75 bits per heavy atom. The fraction of sp³-hybridized carbons (Fsp3) is 0.375. The Morgan fingerprint density at radius 1 is 0.969 bits per heavy atom. The molecule has 1 fully saturated rings. The molecule has 166 valence electrons. The van der Waals surface area contributed by atoms with Crippen LogP contribution in [-0.4, -0.2) is 46.8 Å². The highest BCUT2D eigenvalue weighted by Gasteiger charge is 2.29. The molecule has 5 rings (SSSR count). The number of fused-ring (bicyclic) bond motifs is 1. The molecule has 0 saturated carbocycles. The highest BCUT2D eigenvalue weighted by Crippen LogP contribution is 2.30. The topological polar surface area (TPSA) is 88.1 Å². The summed E-state index contributed by atoms with van der Waals surface area (Å²) in [6.45, 7) is 1.04. The van der Waals surface area contributed by atoms with Crippen LogP contribution in [0.1, 0.15) is 36.1 Å². The van der Waals surface area contributed by atoms with Crippen LogP contribution >= 0.6 is 0 Å². The minimum absolute atomic E-state index is 0.0544. The van der Waals surface area contributed by atoms with Gasteiger partial charge in [-0.2, -0.15) is 0 Å². The first-order chi connectivity index (χ1) is 15.6. The van der Waals surface area contributed by atoms with E-state index in [-0.39, 0.29) is 11.8 Å². The molecule has 2 aromatic heterocycles. The number of hydrogen-bond donors (Lipinski definition) is 1. The van der Waals surface area contributed by atoms with Crippen LogP contribution in [0.2, 0.25) is 0 Å². The molecule has 1 aromatic carbocycles. The number of aryl methyl sites for hydroxylation is 1. The molecule has 1 aliphatic heterocycles. The van der Waals surface area contributed by atoms with Gasteiger partial charge < -0.3 is 5.32 Å². The van der Waals surface area contributed by atoms with E-state index in [1.165, 1.54) is 5.56 Å². The van der Waals surface area contributed by atoms with Crippen molar-refractivity contribution < 1.29 is 8.42 Å². The molecule has 0 radical (unpaired) electrons. The van der Waals surface area contributed by atoms with E-state index in [0.717, 1.165) is 54.9 Å². The van der Waals surface area contributed by atoms with Gasteiger partial charge in [0.15, 0.2) is 5.82 Å². The standard InChI is InChI=1S/C24H27N5O2S/c30-32(31,17-18-7-2-1-3-8-18)29-15-12-19(13-16-29)26-23-20-9-6-11-21(20)27-24(28-23)22-10-4-5-14-25-22/h1-5,7-8,10,14,19H,6,9,11-13,15-17H2,(H,26,27,28). The van der Waals surface area contributed by atoms with Crippen LogP contribution in [-0.2, 0) is 28.6 Å². The number of nitrogens with one attached hydrogen (secondary N) is 1.